The van der Waals surface area contributed by atoms with E-state index in [-0.39, 0.29) is 20.3 Å². The number of nitrogens with one attached hydrogen (secondary N) is 1. The average Bonchev–Trinajstić information content (AvgIpc) is 2.95. The summed E-state index contributed by atoms with van der Waals surface area (Å²) in [6.07, 6.45) is 5.98. The van der Waals surface area contributed by atoms with E-state index in [1.165, 1.54) is 11.8 Å². The van der Waals surface area contributed by atoms with Gasteiger partial charge in [-0.2, -0.15) is 11.8 Å². The number of para-hydroxylation sites is 1. The van der Waals surface area contributed by atoms with Crippen LogP contribution in [0.25, 0.3) is 23.3 Å². The molecule has 0 bridgehead atoms. The van der Waals surface area contributed by atoms with Crippen molar-refractivity contribution in [2.45, 2.75) is 19.4 Å². The van der Waals surface area contributed by atoms with Gasteiger partial charge in [0.15, 0.2) is 0 Å². The minimum Gasteiger partial charge on any atom is -1.00 e. The molecule has 9 heteroatoms. The van der Waals surface area contributed by atoms with Crippen molar-refractivity contribution in [1.29, 1.82) is 0 Å². The number of amides is 1. The second-order valence-corrected chi connectivity index (χ2v) is 9.80. The molecule has 0 aliphatic heterocycles. The van der Waals surface area contributed by atoms with Crippen molar-refractivity contribution in [2.24, 2.45) is 0 Å². The Morgan fingerprint density at radius 1 is 0.975 bits per heavy atom. The van der Waals surface area contributed by atoms with E-state index < -0.39 is 17.9 Å². The van der Waals surface area contributed by atoms with E-state index in [0.717, 1.165) is 22.3 Å². The largest absolute Gasteiger partial charge is 1.00 e. The number of benzene rings is 3. The molecule has 1 aromatic heterocycles. The van der Waals surface area contributed by atoms with Crippen LogP contribution in [0.5, 0.6) is 11.6 Å². The van der Waals surface area contributed by atoms with Crippen LogP contribution in [0, 0.1) is 6.92 Å². The predicted octanol–water partition coefficient (Wildman–Crippen LogP) is 3.47. The van der Waals surface area contributed by atoms with E-state index in [1.54, 1.807) is 12.1 Å². The zero-order valence-corrected chi connectivity index (χ0v) is 23.5. The fraction of sp³-hybridized carbons (Fsp3) is 0.161. The Bertz CT molecular complexity index is 1470. The number of aromatic nitrogens is 2. The molecule has 1 unspecified atom stereocenters. The second-order valence-electron chi connectivity index (χ2n) is 8.81. The molecule has 0 saturated carbocycles. The summed E-state index contributed by atoms with van der Waals surface area (Å²) in [7, 11) is 0. The molecule has 40 heavy (non-hydrogen) atoms. The Labute approximate surface area is 251 Å². The average molecular weight is 548 g/mol. The van der Waals surface area contributed by atoms with Crippen molar-refractivity contribution in [3.63, 3.8) is 0 Å². The van der Waals surface area contributed by atoms with Crippen LogP contribution in [0.15, 0.2) is 84.9 Å². The first kappa shape index (κ1) is 30.7. The molecule has 3 aromatic carbocycles. The van der Waals surface area contributed by atoms with Gasteiger partial charge < -0.3 is 16.6 Å². The summed E-state index contributed by atoms with van der Waals surface area (Å²) in [6, 6.07) is 25.2. The number of thioether (sulfide) groups is 1. The molecule has 1 amide bonds. The third-order valence-corrected chi connectivity index (χ3v) is 6.65. The number of carboxylic acid groups (broad SMARTS) is 1. The number of aliphatic carboxylic acids is 1. The molecule has 0 aliphatic carbocycles. The van der Waals surface area contributed by atoms with Crippen LogP contribution in [0.4, 0.5) is 0 Å². The molecule has 1 atom stereocenters. The van der Waals surface area contributed by atoms with Gasteiger partial charge in [-0.25, -0.2) is 4.79 Å². The second kappa shape index (κ2) is 15.1. The van der Waals surface area contributed by atoms with Crippen LogP contribution in [0.3, 0.4) is 0 Å². The Kier molecular flexibility index (Phi) is 11.6. The van der Waals surface area contributed by atoms with Crippen LogP contribution in [0.1, 0.15) is 35.0 Å². The number of rotatable bonds is 11. The Balaban J connectivity index is 0.00000294. The van der Waals surface area contributed by atoms with Crippen molar-refractivity contribution < 1.29 is 39.7 Å². The minimum absolute atomic E-state index is 0. The number of ether oxygens (including phenoxy) is 1. The van der Waals surface area contributed by atoms with Crippen molar-refractivity contribution in [1.82, 2.24) is 15.5 Å². The molecule has 7 nitrogen and oxygen atoms in total. The zero-order valence-electron chi connectivity index (χ0n) is 23.7. The number of carbonyl (C=O) groups is 2. The number of hydrogen-bond donors (Lipinski definition) is 2. The summed E-state index contributed by atoms with van der Waals surface area (Å²) < 4.78 is 5.70. The quantitative estimate of drug-likeness (QED) is 0.277. The van der Waals surface area contributed by atoms with Crippen molar-refractivity contribution >= 4 is 35.8 Å². The molecule has 0 radical (unpaired) electrons. The van der Waals surface area contributed by atoms with Crippen LogP contribution < -0.4 is 28.9 Å². The van der Waals surface area contributed by atoms with Gasteiger partial charge in [0.2, 0.25) is 5.88 Å². The van der Waals surface area contributed by atoms with E-state index in [0.29, 0.717) is 35.1 Å². The Hall–Kier alpha value is -3.83. The topological polar surface area (TPSA) is 101 Å². The fourth-order valence-electron chi connectivity index (χ4n) is 3.96. The number of carbonyl (C=O) groups excluding carboxylic acids is 1. The monoisotopic (exact) mass is 547 g/mol. The Morgan fingerprint density at radius 2 is 1.73 bits per heavy atom. The van der Waals surface area contributed by atoms with Gasteiger partial charge in [0.25, 0.3) is 5.91 Å². The van der Waals surface area contributed by atoms with Crippen LogP contribution in [0.2, 0.25) is 0 Å². The molecule has 0 aliphatic rings. The summed E-state index contributed by atoms with van der Waals surface area (Å²) in [5.74, 6) is 0.246. The van der Waals surface area contributed by atoms with E-state index >= 15 is 0 Å². The van der Waals surface area contributed by atoms with Gasteiger partial charge in [0.1, 0.15) is 11.8 Å². The van der Waals surface area contributed by atoms with E-state index in [9.17, 15) is 14.7 Å². The minimum atomic E-state index is -1.05. The van der Waals surface area contributed by atoms with Gasteiger partial charge in [0.05, 0.1) is 5.69 Å². The SMILES string of the molecule is CSCCC(NC(=O)c1ccc(C=Cc2ccc(Oc3ccccc3)nn2)cc1-c1ccccc1C)C(=O)O.[H-].[Li+]. The standard InChI is InChI=1S/C31H29N3O4S.Li.H/c1-21-8-6-7-11-25(21)27-20-22(13-16-26(27)30(35)32-28(31(36)37)18-19-39-2)12-14-23-15-17-29(34-33-23)38-24-9-4-3-5-10-24;;/h3-17,20,28H,18-19H2,1-2H3,(H,32,35)(H,36,37);;/q;+1;-1. The van der Waals surface area contributed by atoms with Gasteiger partial charge in [0, 0.05) is 11.6 Å². The van der Waals surface area contributed by atoms with Crippen LogP contribution >= 0.6 is 11.8 Å². The molecule has 4 aromatic rings. The normalized spacial score (nSPS) is 11.4. The molecule has 0 spiro atoms. The van der Waals surface area contributed by atoms with Crippen molar-refractivity contribution in [2.75, 3.05) is 12.0 Å². The molecule has 4 rings (SSSR count). The summed E-state index contributed by atoms with van der Waals surface area (Å²) in [6.45, 7) is 1.98. The summed E-state index contributed by atoms with van der Waals surface area (Å²) in [4.78, 5) is 25.0. The molecule has 0 saturated heterocycles. The number of hydrogen-bond acceptors (Lipinski definition) is 6. The molecule has 0 fully saturated rings. The van der Waals surface area contributed by atoms with E-state index in [4.69, 9.17) is 4.74 Å². The molecular weight excluding hydrogens is 517 g/mol. The smallest absolute Gasteiger partial charge is 1.00 e. The van der Waals surface area contributed by atoms with Crippen LogP contribution in [-0.4, -0.2) is 45.2 Å². The first-order valence-corrected chi connectivity index (χ1v) is 13.8. The molecular formula is C31H30LiN3O4S. The maximum Gasteiger partial charge on any atom is 1.00 e. The van der Waals surface area contributed by atoms with Gasteiger partial charge in [-0.15, -0.1) is 10.2 Å². The number of nitrogens with zero attached hydrogens (tertiary/aromatic N) is 2. The number of aryl methyl sites for hydroxylation is 1. The summed E-state index contributed by atoms with van der Waals surface area (Å²) in [5.41, 5.74) is 4.54. The zero-order chi connectivity index (χ0) is 27.6. The maximum atomic E-state index is 13.3. The molecule has 1 heterocycles. The summed E-state index contributed by atoms with van der Waals surface area (Å²) >= 11 is 1.54. The number of carboxylic acids is 1. The van der Waals surface area contributed by atoms with Gasteiger partial charge in [-0.1, -0.05) is 54.6 Å². The first-order chi connectivity index (χ1) is 18.9. The maximum absolute atomic E-state index is 13.3. The van der Waals surface area contributed by atoms with Gasteiger partial charge in [-0.05, 0) is 84.0 Å². The van der Waals surface area contributed by atoms with Crippen molar-refractivity contribution in [3.8, 4) is 22.8 Å². The first-order valence-electron chi connectivity index (χ1n) is 12.4. The summed E-state index contributed by atoms with van der Waals surface area (Å²) in [5, 5.41) is 20.6. The Morgan fingerprint density at radius 3 is 2.40 bits per heavy atom. The van der Waals surface area contributed by atoms with Crippen molar-refractivity contribution in [3.05, 3.63) is 107 Å². The third kappa shape index (κ3) is 8.33. The third-order valence-electron chi connectivity index (χ3n) is 6.01. The predicted molar refractivity (Wildman–Crippen MR) is 157 cm³/mol. The van der Waals surface area contributed by atoms with Gasteiger partial charge >= 0.3 is 24.8 Å². The van der Waals surface area contributed by atoms with E-state index in [2.05, 4.69) is 15.5 Å². The fourth-order valence-corrected chi connectivity index (χ4v) is 4.43. The van der Waals surface area contributed by atoms with E-state index in [1.807, 2.05) is 98.1 Å². The van der Waals surface area contributed by atoms with Gasteiger partial charge in [-0.3, -0.25) is 4.79 Å². The molecule has 2 N–H and O–H groups in total. The van der Waals surface area contributed by atoms with Crippen LogP contribution in [-0.2, 0) is 4.79 Å². The molecule has 200 valence electrons.